The first-order valence-electron chi connectivity index (χ1n) is 14.5. The maximum Gasteiger partial charge on any atom is 0.166 e. The fraction of sp³-hybridized carbons (Fsp3) is 0.429. The van der Waals surface area contributed by atoms with E-state index in [1.54, 1.807) is 30.3 Å². The van der Waals surface area contributed by atoms with Crippen LogP contribution in [0.4, 0.5) is 13.2 Å². The number of hydrogen-bond donors (Lipinski definition) is 0. The molecule has 38 heavy (non-hydrogen) atoms. The maximum absolute atomic E-state index is 15.1. The van der Waals surface area contributed by atoms with Gasteiger partial charge >= 0.3 is 0 Å². The topological polar surface area (TPSA) is 0 Å². The van der Waals surface area contributed by atoms with E-state index in [9.17, 15) is 8.78 Å². The summed E-state index contributed by atoms with van der Waals surface area (Å²) in [5, 5.41) is 0. The van der Waals surface area contributed by atoms with Crippen LogP contribution in [0.5, 0.6) is 0 Å². The van der Waals surface area contributed by atoms with Gasteiger partial charge in [-0.25, -0.2) is 13.2 Å². The molecule has 0 saturated heterocycles. The molecule has 3 aromatic rings. The lowest BCUT2D eigenvalue weighted by atomic mass is 9.77. The largest absolute Gasteiger partial charge is 0.207 e. The lowest BCUT2D eigenvalue weighted by molar-refractivity contribution is 0.308. The molecule has 0 spiro atoms. The third-order valence-electron chi connectivity index (χ3n) is 8.31. The van der Waals surface area contributed by atoms with E-state index in [2.05, 4.69) is 13.5 Å². The second-order valence-corrected chi connectivity index (χ2v) is 11.0. The average molecular weight is 519 g/mol. The Morgan fingerprint density at radius 1 is 0.763 bits per heavy atom. The Hall–Kier alpha value is -2.81. The van der Waals surface area contributed by atoms with Crippen LogP contribution in [-0.2, 0) is 6.42 Å². The summed E-state index contributed by atoms with van der Waals surface area (Å²) in [6.07, 6.45) is 14.5. The first-order chi connectivity index (χ1) is 18.5. The fourth-order valence-electron chi connectivity index (χ4n) is 5.92. The van der Waals surface area contributed by atoms with E-state index in [-0.39, 0.29) is 17.3 Å². The highest BCUT2D eigenvalue weighted by Gasteiger charge is 2.24. The highest BCUT2D eigenvalue weighted by molar-refractivity contribution is 5.71. The molecule has 0 heterocycles. The van der Waals surface area contributed by atoms with Gasteiger partial charge in [0.15, 0.2) is 11.6 Å². The van der Waals surface area contributed by atoms with Gasteiger partial charge in [0.1, 0.15) is 5.82 Å². The van der Waals surface area contributed by atoms with Crippen molar-refractivity contribution in [2.24, 2.45) is 5.92 Å². The van der Waals surface area contributed by atoms with Crippen LogP contribution in [0.25, 0.3) is 22.3 Å². The van der Waals surface area contributed by atoms with Crippen LogP contribution in [0.1, 0.15) is 94.6 Å². The van der Waals surface area contributed by atoms with E-state index >= 15 is 4.39 Å². The SMILES string of the molecule is C=CCCC1CCC(c2ccc(-c3ccc(-c4ccc(CCCCCCC)c(F)c4F)cc3)cc2F)CC1. The van der Waals surface area contributed by atoms with Crippen LogP contribution in [0.3, 0.4) is 0 Å². The summed E-state index contributed by atoms with van der Waals surface area (Å²) < 4.78 is 44.8. The molecule has 0 aromatic heterocycles. The zero-order valence-electron chi connectivity index (χ0n) is 22.8. The Morgan fingerprint density at radius 2 is 1.45 bits per heavy atom. The van der Waals surface area contributed by atoms with Gasteiger partial charge in [0.25, 0.3) is 0 Å². The normalized spacial score (nSPS) is 17.5. The Balaban J connectivity index is 1.41. The summed E-state index contributed by atoms with van der Waals surface area (Å²) in [6.45, 7) is 5.98. The predicted octanol–water partition coefficient (Wildman–Crippen LogP) is 11.2. The minimum absolute atomic E-state index is 0.153. The summed E-state index contributed by atoms with van der Waals surface area (Å²) in [5.41, 5.74) is 3.79. The van der Waals surface area contributed by atoms with Gasteiger partial charge in [0, 0.05) is 5.56 Å². The average Bonchev–Trinajstić information content (AvgIpc) is 2.94. The molecule has 1 fully saturated rings. The number of rotatable bonds is 12. The molecular weight excluding hydrogens is 477 g/mol. The highest BCUT2D eigenvalue weighted by Crippen LogP contribution is 2.39. The summed E-state index contributed by atoms with van der Waals surface area (Å²) in [7, 11) is 0. The zero-order valence-corrected chi connectivity index (χ0v) is 22.8. The Labute approximate surface area is 227 Å². The molecule has 0 bridgehead atoms. The molecule has 0 nitrogen and oxygen atoms in total. The third kappa shape index (κ3) is 6.98. The molecule has 0 radical (unpaired) electrons. The van der Waals surface area contributed by atoms with Crippen molar-refractivity contribution in [1.82, 2.24) is 0 Å². The van der Waals surface area contributed by atoms with E-state index in [4.69, 9.17) is 0 Å². The van der Waals surface area contributed by atoms with Crippen LogP contribution in [0.2, 0.25) is 0 Å². The Bertz CT molecular complexity index is 1190. The molecule has 0 N–H and O–H groups in total. The molecule has 202 valence electrons. The second-order valence-electron chi connectivity index (χ2n) is 11.0. The summed E-state index contributed by atoms with van der Waals surface area (Å²) in [4.78, 5) is 0. The Kier molecular flexibility index (Phi) is 10.3. The molecule has 3 heteroatoms. The molecule has 3 aromatic carbocycles. The summed E-state index contributed by atoms with van der Waals surface area (Å²) in [6, 6.07) is 16.2. The molecule has 1 saturated carbocycles. The van der Waals surface area contributed by atoms with E-state index in [0.717, 1.165) is 80.4 Å². The van der Waals surface area contributed by atoms with Gasteiger partial charge in [-0.3, -0.25) is 0 Å². The van der Waals surface area contributed by atoms with Gasteiger partial charge in [-0.2, -0.15) is 0 Å². The molecule has 4 rings (SSSR count). The molecule has 0 amide bonds. The summed E-state index contributed by atoms with van der Waals surface area (Å²) >= 11 is 0. The molecule has 0 atom stereocenters. The van der Waals surface area contributed by atoms with Gasteiger partial charge in [0.05, 0.1) is 0 Å². The highest BCUT2D eigenvalue weighted by atomic mass is 19.2. The first-order valence-corrected chi connectivity index (χ1v) is 14.5. The number of unbranched alkanes of at least 4 members (excludes halogenated alkanes) is 4. The number of hydrogen-bond acceptors (Lipinski definition) is 0. The van der Waals surface area contributed by atoms with Crippen molar-refractivity contribution >= 4 is 0 Å². The standard InChI is InChI=1S/C35H41F3/c1-3-5-7-8-9-11-29-20-23-32(35(38)34(29)37)28-18-16-26(17-19-28)30-21-22-31(33(36)24-30)27-14-12-25(13-15-27)10-6-4-2/h4,16-25,27H,2-3,5-15H2,1H3. The predicted molar refractivity (Wildman–Crippen MR) is 154 cm³/mol. The van der Waals surface area contributed by atoms with Crippen molar-refractivity contribution < 1.29 is 13.2 Å². The lowest BCUT2D eigenvalue weighted by Gasteiger charge is -2.29. The van der Waals surface area contributed by atoms with E-state index < -0.39 is 11.6 Å². The fourth-order valence-corrected chi connectivity index (χ4v) is 5.92. The molecule has 1 aliphatic rings. The van der Waals surface area contributed by atoms with E-state index in [1.165, 1.54) is 12.8 Å². The minimum atomic E-state index is -0.793. The van der Waals surface area contributed by atoms with Crippen LogP contribution in [0.15, 0.2) is 67.3 Å². The van der Waals surface area contributed by atoms with Crippen LogP contribution >= 0.6 is 0 Å². The third-order valence-corrected chi connectivity index (χ3v) is 8.31. The molecule has 0 aliphatic heterocycles. The number of allylic oxidation sites excluding steroid dienone is 1. The quantitative estimate of drug-likeness (QED) is 0.165. The minimum Gasteiger partial charge on any atom is -0.207 e. The number of benzene rings is 3. The van der Waals surface area contributed by atoms with Crippen molar-refractivity contribution in [2.75, 3.05) is 0 Å². The smallest absolute Gasteiger partial charge is 0.166 e. The first kappa shape index (κ1) is 28.2. The van der Waals surface area contributed by atoms with Gasteiger partial charge in [0.2, 0.25) is 0 Å². The molecular formula is C35H41F3. The van der Waals surface area contributed by atoms with Gasteiger partial charge < -0.3 is 0 Å². The van der Waals surface area contributed by atoms with Crippen molar-refractivity contribution in [3.05, 3.63) is 95.8 Å². The zero-order chi connectivity index (χ0) is 26.9. The Morgan fingerprint density at radius 3 is 2.13 bits per heavy atom. The van der Waals surface area contributed by atoms with Crippen molar-refractivity contribution in [3.8, 4) is 22.3 Å². The van der Waals surface area contributed by atoms with E-state index in [1.807, 2.05) is 30.3 Å². The van der Waals surface area contributed by atoms with Gasteiger partial charge in [-0.15, -0.1) is 6.58 Å². The van der Waals surface area contributed by atoms with Gasteiger partial charge in [-0.1, -0.05) is 87.2 Å². The monoisotopic (exact) mass is 518 g/mol. The number of aryl methyl sites for hydroxylation is 1. The van der Waals surface area contributed by atoms with Crippen molar-refractivity contribution in [1.29, 1.82) is 0 Å². The second kappa shape index (κ2) is 13.8. The van der Waals surface area contributed by atoms with Crippen LogP contribution in [0, 0.1) is 23.4 Å². The van der Waals surface area contributed by atoms with Crippen molar-refractivity contribution in [2.45, 2.75) is 89.9 Å². The van der Waals surface area contributed by atoms with Crippen LogP contribution in [-0.4, -0.2) is 0 Å². The molecule has 0 unspecified atom stereocenters. The summed E-state index contributed by atoms with van der Waals surface area (Å²) in [5.74, 6) is -0.675. The van der Waals surface area contributed by atoms with Gasteiger partial charge in [-0.05, 0) is 97.1 Å². The van der Waals surface area contributed by atoms with Crippen molar-refractivity contribution in [3.63, 3.8) is 0 Å². The number of halogens is 3. The lowest BCUT2D eigenvalue weighted by Crippen LogP contribution is -2.14. The maximum atomic E-state index is 15.1. The van der Waals surface area contributed by atoms with Crippen LogP contribution < -0.4 is 0 Å². The molecule has 1 aliphatic carbocycles. The van der Waals surface area contributed by atoms with E-state index in [0.29, 0.717) is 17.5 Å².